The molecule has 0 saturated carbocycles. The first kappa shape index (κ1) is 22.6. The topological polar surface area (TPSA) is 123 Å². The number of amides is 1. The van der Waals surface area contributed by atoms with Crippen molar-refractivity contribution in [3.05, 3.63) is 78.3 Å². The van der Waals surface area contributed by atoms with E-state index in [1.54, 1.807) is 25.1 Å². The van der Waals surface area contributed by atoms with Gasteiger partial charge in [0, 0.05) is 16.9 Å². The summed E-state index contributed by atoms with van der Waals surface area (Å²) in [4.78, 5) is 12.8. The van der Waals surface area contributed by atoms with Gasteiger partial charge < -0.3 is 9.73 Å². The highest BCUT2D eigenvalue weighted by Crippen LogP contribution is 2.22. The molecule has 1 amide bonds. The highest BCUT2D eigenvalue weighted by molar-refractivity contribution is 7.92. The van der Waals surface area contributed by atoms with E-state index in [0.717, 1.165) is 0 Å². The second-order valence-electron chi connectivity index (χ2n) is 6.80. The summed E-state index contributed by atoms with van der Waals surface area (Å²) in [5, 5.41) is 2.62. The van der Waals surface area contributed by atoms with E-state index in [2.05, 4.69) is 10.0 Å². The molecule has 0 radical (unpaired) electrons. The minimum Gasteiger partial charge on any atom is -0.459 e. The molecule has 1 heterocycles. The zero-order chi connectivity index (χ0) is 22.5. The number of hydrogen-bond donors (Lipinski definition) is 2. The van der Waals surface area contributed by atoms with Gasteiger partial charge in [0.2, 0.25) is 10.0 Å². The minimum atomic E-state index is -3.65. The van der Waals surface area contributed by atoms with Crippen LogP contribution in [0.15, 0.2) is 76.2 Å². The molecule has 2 N–H and O–H groups in total. The molecule has 0 saturated heterocycles. The Labute approximate surface area is 181 Å². The Kier molecular flexibility index (Phi) is 6.81. The van der Waals surface area contributed by atoms with Gasteiger partial charge in [-0.05, 0) is 48.9 Å². The normalized spacial score (nSPS) is 11.8. The molecular weight excluding hydrogens is 440 g/mol. The van der Waals surface area contributed by atoms with Gasteiger partial charge in [-0.1, -0.05) is 25.1 Å². The van der Waals surface area contributed by atoms with Crippen molar-refractivity contribution >= 4 is 37.1 Å². The highest BCUT2D eigenvalue weighted by Gasteiger charge is 2.22. The summed E-state index contributed by atoms with van der Waals surface area (Å²) in [6, 6.07) is 15.5. The molecule has 2 aromatic carbocycles. The molecule has 8 nitrogen and oxygen atoms in total. The van der Waals surface area contributed by atoms with Gasteiger partial charge in [-0.25, -0.2) is 16.8 Å². The van der Waals surface area contributed by atoms with E-state index in [4.69, 9.17) is 4.42 Å². The highest BCUT2D eigenvalue weighted by atomic mass is 32.2. The van der Waals surface area contributed by atoms with Crippen LogP contribution < -0.4 is 10.0 Å². The molecule has 0 aliphatic heterocycles. The van der Waals surface area contributed by atoms with Gasteiger partial charge in [-0.15, -0.1) is 0 Å². The first-order chi connectivity index (χ1) is 14.7. The fraction of sp³-hybridized carbons (Fsp3) is 0.190. The number of carbonyl (C=O) groups excluding carboxylic acids is 1. The van der Waals surface area contributed by atoms with E-state index < -0.39 is 25.8 Å². The lowest BCUT2D eigenvalue weighted by molar-refractivity contribution is 0.0995. The SMILES string of the molecule is CCCS(=O)(=O)Nc1ccc(NC(=O)c2occc2CS(=O)(=O)c2ccccc2)cc1. The maximum Gasteiger partial charge on any atom is 0.291 e. The third-order valence-corrected chi connectivity index (χ3v) is 7.46. The third kappa shape index (κ3) is 5.96. The van der Waals surface area contributed by atoms with Crippen LogP contribution in [0.1, 0.15) is 29.5 Å². The van der Waals surface area contributed by atoms with E-state index >= 15 is 0 Å². The van der Waals surface area contributed by atoms with Crippen molar-refractivity contribution in [1.29, 1.82) is 0 Å². The maximum absolute atomic E-state index is 12.6. The lowest BCUT2D eigenvalue weighted by Gasteiger charge is -2.09. The number of sulfone groups is 1. The fourth-order valence-corrected chi connectivity index (χ4v) is 5.38. The largest absolute Gasteiger partial charge is 0.459 e. The number of furan rings is 1. The van der Waals surface area contributed by atoms with Gasteiger partial charge in [-0.3, -0.25) is 9.52 Å². The van der Waals surface area contributed by atoms with Gasteiger partial charge in [0.1, 0.15) is 0 Å². The molecule has 164 valence electrons. The van der Waals surface area contributed by atoms with E-state index in [1.807, 2.05) is 0 Å². The average Bonchev–Trinajstić information content (AvgIpc) is 3.17. The van der Waals surface area contributed by atoms with Crippen molar-refractivity contribution in [3.8, 4) is 0 Å². The molecule has 0 atom stereocenters. The van der Waals surface area contributed by atoms with E-state index in [1.165, 1.54) is 48.7 Å². The average molecular weight is 463 g/mol. The first-order valence-electron chi connectivity index (χ1n) is 9.46. The Morgan fingerprint density at radius 3 is 2.19 bits per heavy atom. The quantitative estimate of drug-likeness (QED) is 0.500. The van der Waals surface area contributed by atoms with E-state index in [9.17, 15) is 21.6 Å². The molecule has 3 rings (SSSR count). The van der Waals surface area contributed by atoms with Crippen molar-refractivity contribution in [2.75, 3.05) is 15.8 Å². The predicted octanol–water partition coefficient (Wildman–Crippen LogP) is 3.66. The summed E-state index contributed by atoms with van der Waals surface area (Å²) in [6.07, 6.45) is 1.76. The van der Waals surface area contributed by atoms with Crippen LogP contribution in [0.3, 0.4) is 0 Å². The predicted molar refractivity (Wildman–Crippen MR) is 118 cm³/mol. The number of sulfonamides is 1. The van der Waals surface area contributed by atoms with Crippen molar-refractivity contribution in [3.63, 3.8) is 0 Å². The van der Waals surface area contributed by atoms with Crippen LogP contribution in [-0.2, 0) is 25.6 Å². The van der Waals surface area contributed by atoms with Crippen LogP contribution >= 0.6 is 0 Å². The molecule has 0 spiro atoms. The second-order valence-corrected chi connectivity index (χ2v) is 10.6. The maximum atomic E-state index is 12.6. The summed E-state index contributed by atoms with van der Waals surface area (Å²) in [5.74, 6) is -1.08. The van der Waals surface area contributed by atoms with Crippen LogP contribution in [0, 0.1) is 0 Å². The molecule has 0 aliphatic rings. The number of nitrogens with one attached hydrogen (secondary N) is 2. The number of hydrogen-bond acceptors (Lipinski definition) is 6. The van der Waals surface area contributed by atoms with Crippen molar-refractivity contribution in [1.82, 2.24) is 0 Å². The van der Waals surface area contributed by atoms with E-state index in [0.29, 0.717) is 17.8 Å². The van der Waals surface area contributed by atoms with E-state index in [-0.39, 0.29) is 27.7 Å². The van der Waals surface area contributed by atoms with Crippen molar-refractivity contribution in [2.24, 2.45) is 0 Å². The number of benzene rings is 2. The monoisotopic (exact) mass is 462 g/mol. The first-order valence-corrected chi connectivity index (χ1v) is 12.8. The molecule has 0 unspecified atom stereocenters. The smallest absolute Gasteiger partial charge is 0.291 e. The van der Waals surface area contributed by atoms with Crippen LogP contribution in [0.2, 0.25) is 0 Å². The van der Waals surface area contributed by atoms with Crippen molar-refractivity contribution < 1.29 is 26.0 Å². The van der Waals surface area contributed by atoms with Gasteiger partial charge in [0.05, 0.1) is 22.7 Å². The molecule has 0 aliphatic carbocycles. The summed E-state index contributed by atoms with van der Waals surface area (Å²) in [6.45, 7) is 1.77. The van der Waals surface area contributed by atoms with Crippen LogP contribution in [0.4, 0.5) is 11.4 Å². The van der Waals surface area contributed by atoms with Gasteiger partial charge in [0.25, 0.3) is 5.91 Å². The summed E-state index contributed by atoms with van der Waals surface area (Å²) >= 11 is 0. The zero-order valence-corrected chi connectivity index (χ0v) is 18.4. The standard InChI is InChI=1S/C21H22N2O6S2/c1-2-14-31(27,28)23-18-10-8-17(9-11-18)22-21(24)20-16(12-13-29-20)15-30(25,26)19-6-4-3-5-7-19/h3-13,23H,2,14-15H2,1H3,(H,22,24). The number of anilines is 2. The lowest BCUT2D eigenvalue weighted by Crippen LogP contribution is -2.16. The van der Waals surface area contributed by atoms with Gasteiger partial charge in [-0.2, -0.15) is 0 Å². The van der Waals surface area contributed by atoms with Crippen LogP contribution in [-0.4, -0.2) is 28.5 Å². The molecule has 10 heteroatoms. The minimum absolute atomic E-state index is 0.0125. The van der Waals surface area contributed by atoms with Gasteiger partial charge in [0.15, 0.2) is 15.6 Å². The van der Waals surface area contributed by atoms with Crippen molar-refractivity contribution in [2.45, 2.75) is 24.0 Å². The second kappa shape index (κ2) is 9.36. The zero-order valence-electron chi connectivity index (χ0n) is 16.7. The molecule has 1 aromatic heterocycles. The van der Waals surface area contributed by atoms with Gasteiger partial charge >= 0.3 is 0 Å². The Bertz CT molecular complexity index is 1250. The molecule has 3 aromatic rings. The summed E-state index contributed by atoms with van der Waals surface area (Å²) < 4.78 is 56.5. The molecule has 31 heavy (non-hydrogen) atoms. The Morgan fingerprint density at radius 1 is 0.903 bits per heavy atom. The fourth-order valence-electron chi connectivity index (χ4n) is 2.87. The number of carbonyl (C=O) groups is 1. The van der Waals surface area contributed by atoms with Crippen LogP contribution in [0.25, 0.3) is 0 Å². The number of rotatable bonds is 9. The molecular formula is C21H22N2O6S2. The Balaban J connectivity index is 1.70. The summed E-state index contributed by atoms with van der Waals surface area (Å²) in [7, 11) is -7.06. The Morgan fingerprint density at radius 2 is 1.55 bits per heavy atom. The lowest BCUT2D eigenvalue weighted by atomic mass is 10.2. The summed E-state index contributed by atoms with van der Waals surface area (Å²) in [5.41, 5.74) is 1.01. The van der Waals surface area contributed by atoms with Crippen LogP contribution in [0.5, 0.6) is 0 Å². The molecule has 0 fully saturated rings. The third-order valence-electron chi connectivity index (χ3n) is 4.29. The Hall–Kier alpha value is -3.11. The molecule has 0 bridgehead atoms.